The van der Waals surface area contributed by atoms with Gasteiger partial charge in [0.15, 0.2) is 0 Å². The van der Waals surface area contributed by atoms with Gasteiger partial charge in [-0.05, 0) is 19.1 Å². The summed E-state index contributed by atoms with van der Waals surface area (Å²) in [6.45, 7) is 2.30. The summed E-state index contributed by atoms with van der Waals surface area (Å²) in [6.07, 6.45) is 0. The molecule has 0 saturated heterocycles. The highest BCUT2D eigenvalue weighted by molar-refractivity contribution is 9.08. The molecule has 106 valence electrons. The molecule has 0 N–H and O–H groups in total. The molecule has 5 heteroatoms. The molecule has 2 aromatic rings. The van der Waals surface area contributed by atoms with Crippen LogP contribution in [0.5, 0.6) is 11.5 Å². The number of aromatic nitrogens is 1. The monoisotopic (exact) mass is 355 g/mol. The average molecular weight is 357 g/mol. The molecule has 20 heavy (non-hydrogen) atoms. The van der Waals surface area contributed by atoms with E-state index < -0.39 is 0 Å². The normalized spacial score (nSPS) is 10.4. The zero-order chi connectivity index (χ0) is 14.5. The van der Waals surface area contributed by atoms with Gasteiger partial charge in [-0.1, -0.05) is 33.6 Å². The third-order valence-electron chi connectivity index (χ3n) is 2.80. The minimum absolute atomic E-state index is 0.373. The van der Waals surface area contributed by atoms with Crippen molar-refractivity contribution in [2.45, 2.75) is 18.9 Å². The first-order valence-electron chi connectivity index (χ1n) is 6.11. The molecule has 0 fully saturated rings. The minimum Gasteiger partial charge on any atom is -0.497 e. The Bertz CT molecular complexity index is 604. The molecule has 1 aromatic heterocycles. The predicted molar refractivity (Wildman–Crippen MR) is 83.9 cm³/mol. The SMILES string of the molecule is COc1cc(C)nc(COc2cccc(Cl)c2CBr)c1. The first-order chi connectivity index (χ1) is 9.63. The maximum atomic E-state index is 6.14. The van der Waals surface area contributed by atoms with E-state index in [0.717, 1.165) is 28.5 Å². The number of rotatable bonds is 5. The van der Waals surface area contributed by atoms with Crippen LogP contribution in [0, 0.1) is 6.92 Å². The fourth-order valence-electron chi connectivity index (χ4n) is 1.85. The maximum absolute atomic E-state index is 6.14. The van der Waals surface area contributed by atoms with Gasteiger partial charge in [-0.25, -0.2) is 0 Å². The van der Waals surface area contributed by atoms with Crippen molar-refractivity contribution in [1.82, 2.24) is 4.98 Å². The second-order valence-corrected chi connectivity index (χ2v) is 5.25. The number of ether oxygens (including phenoxy) is 2. The predicted octanol–water partition coefficient (Wildman–Crippen LogP) is 4.53. The van der Waals surface area contributed by atoms with Crippen LogP contribution in [0.2, 0.25) is 5.02 Å². The Balaban J connectivity index is 2.17. The summed E-state index contributed by atoms with van der Waals surface area (Å²) in [5, 5.41) is 1.33. The van der Waals surface area contributed by atoms with E-state index in [4.69, 9.17) is 21.1 Å². The summed E-state index contributed by atoms with van der Waals surface area (Å²) in [5.74, 6) is 1.54. The molecule has 0 atom stereocenters. The highest BCUT2D eigenvalue weighted by Gasteiger charge is 2.08. The Morgan fingerprint density at radius 2 is 2.10 bits per heavy atom. The number of pyridine rings is 1. The van der Waals surface area contributed by atoms with Crippen LogP contribution in [0.3, 0.4) is 0 Å². The molecule has 0 spiro atoms. The van der Waals surface area contributed by atoms with E-state index in [9.17, 15) is 0 Å². The summed E-state index contributed by atoms with van der Waals surface area (Å²) in [4.78, 5) is 4.43. The van der Waals surface area contributed by atoms with E-state index >= 15 is 0 Å². The van der Waals surface area contributed by atoms with Crippen LogP contribution >= 0.6 is 27.5 Å². The molecule has 1 heterocycles. The van der Waals surface area contributed by atoms with Gasteiger partial charge in [0, 0.05) is 33.7 Å². The number of methoxy groups -OCH3 is 1. The molecule has 2 rings (SSSR count). The third kappa shape index (κ3) is 3.64. The van der Waals surface area contributed by atoms with E-state index in [2.05, 4.69) is 20.9 Å². The number of alkyl halides is 1. The van der Waals surface area contributed by atoms with Crippen LogP contribution < -0.4 is 9.47 Å². The van der Waals surface area contributed by atoms with Gasteiger partial charge >= 0.3 is 0 Å². The van der Waals surface area contributed by atoms with Gasteiger partial charge in [0.1, 0.15) is 18.1 Å². The first-order valence-corrected chi connectivity index (χ1v) is 7.61. The van der Waals surface area contributed by atoms with Gasteiger partial charge in [-0.15, -0.1) is 0 Å². The van der Waals surface area contributed by atoms with Crippen LogP contribution in [-0.2, 0) is 11.9 Å². The van der Waals surface area contributed by atoms with Crippen molar-refractivity contribution in [3.63, 3.8) is 0 Å². The molecule has 1 aromatic carbocycles. The van der Waals surface area contributed by atoms with E-state index in [1.54, 1.807) is 7.11 Å². The summed E-state index contributed by atoms with van der Waals surface area (Å²) in [5.41, 5.74) is 2.66. The Morgan fingerprint density at radius 3 is 2.80 bits per heavy atom. The smallest absolute Gasteiger partial charge is 0.130 e. The molecule has 0 unspecified atom stereocenters. The lowest BCUT2D eigenvalue weighted by Crippen LogP contribution is -2.02. The number of hydrogen-bond donors (Lipinski definition) is 0. The van der Waals surface area contributed by atoms with Crippen LogP contribution in [0.1, 0.15) is 17.0 Å². The lowest BCUT2D eigenvalue weighted by Gasteiger charge is -2.12. The molecular weight excluding hydrogens is 342 g/mol. The standard InChI is InChI=1S/C15H15BrClNO2/c1-10-6-12(19-2)7-11(18-10)9-20-15-5-3-4-14(17)13(15)8-16/h3-7H,8-9H2,1-2H3. The molecule has 3 nitrogen and oxygen atoms in total. The number of hydrogen-bond acceptors (Lipinski definition) is 3. The van der Waals surface area contributed by atoms with Gasteiger partial charge in [0.05, 0.1) is 12.8 Å². The zero-order valence-corrected chi connectivity index (χ0v) is 13.7. The second kappa shape index (κ2) is 6.95. The largest absolute Gasteiger partial charge is 0.497 e. The molecule has 0 radical (unpaired) electrons. The topological polar surface area (TPSA) is 31.4 Å². The average Bonchev–Trinajstić information content (AvgIpc) is 2.44. The van der Waals surface area contributed by atoms with Crippen molar-refractivity contribution in [3.8, 4) is 11.5 Å². The summed E-state index contributed by atoms with van der Waals surface area (Å²) < 4.78 is 11.0. The summed E-state index contributed by atoms with van der Waals surface area (Å²) >= 11 is 9.56. The van der Waals surface area contributed by atoms with E-state index in [-0.39, 0.29) is 0 Å². The lowest BCUT2D eigenvalue weighted by molar-refractivity contribution is 0.297. The highest BCUT2D eigenvalue weighted by Crippen LogP contribution is 2.29. The number of nitrogens with zero attached hydrogens (tertiary/aromatic N) is 1. The molecular formula is C15H15BrClNO2. The quantitative estimate of drug-likeness (QED) is 0.738. The van der Waals surface area contributed by atoms with Crippen molar-refractivity contribution in [3.05, 3.63) is 52.3 Å². The van der Waals surface area contributed by atoms with Crippen molar-refractivity contribution in [1.29, 1.82) is 0 Å². The van der Waals surface area contributed by atoms with Gasteiger partial charge in [0.2, 0.25) is 0 Å². The van der Waals surface area contributed by atoms with Gasteiger partial charge in [-0.3, -0.25) is 4.98 Å². The van der Waals surface area contributed by atoms with Gasteiger partial charge in [0.25, 0.3) is 0 Å². The number of halogens is 2. The fourth-order valence-corrected chi connectivity index (χ4v) is 2.82. The van der Waals surface area contributed by atoms with Gasteiger partial charge in [-0.2, -0.15) is 0 Å². The molecule has 0 aliphatic carbocycles. The summed E-state index contributed by atoms with van der Waals surface area (Å²) in [6, 6.07) is 9.36. The van der Waals surface area contributed by atoms with Crippen LogP contribution in [0.15, 0.2) is 30.3 Å². The summed E-state index contributed by atoms with van der Waals surface area (Å²) in [7, 11) is 1.64. The van der Waals surface area contributed by atoms with Crippen LogP contribution in [0.25, 0.3) is 0 Å². The molecule has 0 saturated carbocycles. The fraction of sp³-hybridized carbons (Fsp3) is 0.267. The zero-order valence-electron chi connectivity index (χ0n) is 11.3. The minimum atomic E-state index is 0.373. The van der Waals surface area contributed by atoms with Crippen molar-refractivity contribution in [2.75, 3.05) is 7.11 Å². The second-order valence-electron chi connectivity index (χ2n) is 4.28. The molecule has 0 bridgehead atoms. The Hall–Kier alpha value is -1.26. The van der Waals surface area contributed by atoms with Crippen molar-refractivity contribution < 1.29 is 9.47 Å². The van der Waals surface area contributed by atoms with Gasteiger partial charge < -0.3 is 9.47 Å². The Morgan fingerprint density at radius 1 is 1.30 bits per heavy atom. The Labute approximate surface area is 132 Å². The number of benzene rings is 1. The maximum Gasteiger partial charge on any atom is 0.130 e. The first kappa shape index (κ1) is 15.1. The van der Waals surface area contributed by atoms with Crippen molar-refractivity contribution in [2.24, 2.45) is 0 Å². The molecule has 0 aliphatic rings. The van der Waals surface area contributed by atoms with E-state index in [1.165, 1.54) is 0 Å². The Kier molecular flexibility index (Phi) is 5.26. The third-order valence-corrected chi connectivity index (χ3v) is 3.72. The van der Waals surface area contributed by atoms with Crippen molar-refractivity contribution >= 4 is 27.5 Å². The lowest BCUT2D eigenvalue weighted by atomic mass is 10.2. The molecule has 0 amide bonds. The molecule has 0 aliphatic heterocycles. The highest BCUT2D eigenvalue weighted by atomic mass is 79.9. The van der Waals surface area contributed by atoms with E-state index in [0.29, 0.717) is 17.0 Å². The van der Waals surface area contributed by atoms with E-state index in [1.807, 2.05) is 37.3 Å². The van der Waals surface area contributed by atoms with Crippen LogP contribution in [0.4, 0.5) is 0 Å². The van der Waals surface area contributed by atoms with Crippen LogP contribution in [-0.4, -0.2) is 12.1 Å². The number of aryl methyl sites for hydroxylation is 1.